The summed E-state index contributed by atoms with van der Waals surface area (Å²) in [5.41, 5.74) is 7.75. The number of rotatable bonds is 9. The molecule has 2 atom stereocenters. The van der Waals surface area contributed by atoms with E-state index < -0.39 is 0 Å². The molecule has 2 N–H and O–H groups in total. The van der Waals surface area contributed by atoms with Crippen molar-refractivity contribution in [3.8, 4) is 0 Å². The fraction of sp³-hybridized carbons (Fsp3) is 0.647. The molecule has 114 valence electrons. The van der Waals surface area contributed by atoms with Crippen LogP contribution in [0.4, 0.5) is 0 Å². The molecule has 0 aromatic heterocycles. The fourth-order valence-corrected chi connectivity index (χ4v) is 2.79. The number of nitrogens with zero attached hydrogens (tertiary/aromatic N) is 2. The van der Waals surface area contributed by atoms with E-state index in [1.165, 1.54) is 12.0 Å². The average Bonchev–Trinajstić information content (AvgIpc) is 2.46. The maximum Gasteiger partial charge on any atom is 0.0452 e. The fourth-order valence-electron chi connectivity index (χ4n) is 2.79. The van der Waals surface area contributed by atoms with Crippen LogP contribution in [0.5, 0.6) is 0 Å². The van der Waals surface area contributed by atoms with Crippen molar-refractivity contribution in [2.24, 2.45) is 5.73 Å². The van der Waals surface area contributed by atoms with Gasteiger partial charge in [-0.1, -0.05) is 44.2 Å². The van der Waals surface area contributed by atoms with Crippen LogP contribution in [0.1, 0.15) is 38.3 Å². The van der Waals surface area contributed by atoms with Gasteiger partial charge in [0.25, 0.3) is 0 Å². The Balaban J connectivity index is 2.66. The van der Waals surface area contributed by atoms with E-state index in [1.807, 2.05) is 6.07 Å². The summed E-state index contributed by atoms with van der Waals surface area (Å²) >= 11 is 0. The second-order valence-electron chi connectivity index (χ2n) is 5.70. The summed E-state index contributed by atoms with van der Waals surface area (Å²) in [6, 6.07) is 11.0. The molecule has 0 spiro atoms. The maximum atomic E-state index is 6.51. The number of hydrogen-bond acceptors (Lipinski definition) is 3. The van der Waals surface area contributed by atoms with Crippen molar-refractivity contribution in [2.45, 2.75) is 38.8 Å². The largest absolute Gasteiger partial charge is 0.323 e. The zero-order chi connectivity index (χ0) is 15.0. The van der Waals surface area contributed by atoms with Gasteiger partial charge < -0.3 is 10.6 Å². The van der Waals surface area contributed by atoms with Crippen LogP contribution in [0.2, 0.25) is 0 Å². The molecule has 0 fully saturated rings. The molecule has 0 saturated heterocycles. The van der Waals surface area contributed by atoms with Gasteiger partial charge in [0.1, 0.15) is 0 Å². The lowest BCUT2D eigenvalue weighted by atomic mass is 9.96. The first kappa shape index (κ1) is 17.2. The zero-order valence-electron chi connectivity index (χ0n) is 13.5. The normalized spacial score (nSPS) is 14.8. The summed E-state index contributed by atoms with van der Waals surface area (Å²) < 4.78 is 0. The van der Waals surface area contributed by atoms with Gasteiger partial charge >= 0.3 is 0 Å². The first-order valence-electron chi connectivity index (χ1n) is 7.79. The third-order valence-electron chi connectivity index (χ3n) is 3.94. The van der Waals surface area contributed by atoms with Gasteiger partial charge in [0.2, 0.25) is 0 Å². The van der Waals surface area contributed by atoms with Gasteiger partial charge in [-0.25, -0.2) is 0 Å². The molecule has 0 amide bonds. The minimum absolute atomic E-state index is 0.0977. The van der Waals surface area contributed by atoms with Crippen molar-refractivity contribution < 1.29 is 0 Å². The standard InChI is InChI=1S/C17H31N3/c1-5-16(17(18)15-11-8-7-9-12-15)20(6-2)14-10-13-19(3)4/h7-9,11-12,16-17H,5-6,10,13-14,18H2,1-4H3. The SMILES string of the molecule is CCC(C(N)c1ccccc1)N(CC)CCCN(C)C. The lowest BCUT2D eigenvalue weighted by Crippen LogP contribution is -2.43. The Kier molecular flexibility index (Phi) is 7.82. The Morgan fingerprint density at radius 3 is 2.20 bits per heavy atom. The summed E-state index contributed by atoms with van der Waals surface area (Å²) in [5.74, 6) is 0. The molecule has 3 nitrogen and oxygen atoms in total. The Labute approximate surface area is 124 Å². The Hall–Kier alpha value is -0.900. The van der Waals surface area contributed by atoms with Crippen LogP contribution >= 0.6 is 0 Å². The molecule has 0 radical (unpaired) electrons. The van der Waals surface area contributed by atoms with Gasteiger partial charge in [-0.3, -0.25) is 4.90 Å². The van der Waals surface area contributed by atoms with Crippen LogP contribution in [-0.4, -0.2) is 49.6 Å². The molecule has 0 aliphatic heterocycles. The molecule has 3 heteroatoms. The van der Waals surface area contributed by atoms with Crippen LogP contribution in [0.3, 0.4) is 0 Å². The van der Waals surface area contributed by atoms with Crippen LogP contribution < -0.4 is 5.73 Å². The summed E-state index contributed by atoms with van der Waals surface area (Å²) in [7, 11) is 4.26. The van der Waals surface area contributed by atoms with Crippen molar-refractivity contribution >= 4 is 0 Å². The van der Waals surface area contributed by atoms with Crippen LogP contribution in [0.15, 0.2) is 30.3 Å². The van der Waals surface area contributed by atoms with Gasteiger partial charge in [-0.05, 0) is 52.1 Å². The van der Waals surface area contributed by atoms with Crippen LogP contribution in [0, 0.1) is 0 Å². The maximum absolute atomic E-state index is 6.51. The minimum Gasteiger partial charge on any atom is -0.323 e. The van der Waals surface area contributed by atoms with Gasteiger partial charge in [0.15, 0.2) is 0 Å². The van der Waals surface area contributed by atoms with Crippen molar-refractivity contribution in [1.29, 1.82) is 0 Å². The lowest BCUT2D eigenvalue weighted by molar-refractivity contribution is 0.167. The highest BCUT2D eigenvalue weighted by Gasteiger charge is 2.23. The summed E-state index contributed by atoms with van der Waals surface area (Å²) in [4.78, 5) is 4.77. The summed E-state index contributed by atoms with van der Waals surface area (Å²) in [5, 5.41) is 0. The van der Waals surface area contributed by atoms with Crippen molar-refractivity contribution in [2.75, 3.05) is 33.7 Å². The number of likely N-dealkylation sites (N-methyl/N-ethyl adjacent to an activating group) is 1. The van der Waals surface area contributed by atoms with E-state index in [2.05, 4.69) is 62.0 Å². The summed E-state index contributed by atoms with van der Waals surface area (Å²) in [6.45, 7) is 7.78. The molecule has 20 heavy (non-hydrogen) atoms. The highest BCUT2D eigenvalue weighted by atomic mass is 15.2. The van der Waals surface area contributed by atoms with Gasteiger partial charge in [-0.2, -0.15) is 0 Å². The summed E-state index contributed by atoms with van der Waals surface area (Å²) in [6.07, 6.45) is 2.28. The van der Waals surface area contributed by atoms with E-state index in [0.717, 1.165) is 26.1 Å². The molecule has 0 bridgehead atoms. The topological polar surface area (TPSA) is 32.5 Å². The molecular weight excluding hydrogens is 246 g/mol. The predicted octanol–water partition coefficient (Wildman–Crippen LogP) is 2.74. The third kappa shape index (κ3) is 5.23. The molecule has 0 heterocycles. The highest BCUT2D eigenvalue weighted by Crippen LogP contribution is 2.21. The molecule has 0 saturated carbocycles. The molecule has 0 aliphatic carbocycles. The average molecular weight is 277 g/mol. The van der Waals surface area contributed by atoms with E-state index >= 15 is 0 Å². The number of hydrogen-bond donors (Lipinski definition) is 1. The van der Waals surface area contributed by atoms with Gasteiger partial charge in [-0.15, -0.1) is 0 Å². The van der Waals surface area contributed by atoms with Crippen LogP contribution in [-0.2, 0) is 0 Å². The van der Waals surface area contributed by atoms with E-state index in [0.29, 0.717) is 6.04 Å². The van der Waals surface area contributed by atoms with E-state index in [-0.39, 0.29) is 6.04 Å². The lowest BCUT2D eigenvalue weighted by Gasteiger charge is -2.34. The third-order valence-corrected chi connectivity index (χ3v) is 3.94. The zero-order valence-corrected chi connectivity index (χ0v) is 13.5. The monoisotopic (exact) mass is 277 g/mol. The van der Waals surface area contributed by atoms with Crippen molar-refractivity contribution in [1.82, 2.24) is 9.80 Å². The molecule has 2 unspecified atom stereocenters. The molecule has 1 rings (SSSR count). The number of benzene rings is 1. The highest BCUT2D eigenvalue weighted by molar-refractivity contribution is 5.20. The van der Waals surface area contributed by atoms with Gasteiger partial charge in [0, 0.05) is 12.1 Å². The first-order chi connectivity index (χ1) is 9.60. The quantitative estimate of drug-likeness (QED) is 0.753. The van der Waals surface area contributed by atoms with Crippen molar-refractivity contribution in [3.05, 3.63) is 35.9 Å². The molecule has 1 aromatic carbocycles. The van der Waals surface area contributed by atoms with Gasteiger partial charge in [0.05, 0.1) is 0 Å². The Morgan fingerprint density at radius 2 is 1.70 bits per heavy atom. The smallest absolute Gasteiger partial charge is 0.0452 e. The Morgan fingerprint density at radius 1 is 1.05 bits per heavy atom. The van der Waals surface area contributed by atoms with Crippen molar-refractivity contribution in [3.63, 3.8) is 0 Å². The van der Waals surface area contributed by atoms with Crippen LogP contribution in [0.25, 0.3) is 0 Å². The van der Waals surface area contributed by atoms with E-state index in [9.17, 15) is 0 Å². The minimum atomic E-state index is 0.0977. The predicted molar refractivity (Wildman–Crippen MR) is 87.9 cm³/mol. The first-order valence-corrected chi connectivity index (χ1v) is 7.79. The van der Waals surface area contributed by atoms with E-state index in [4.69, 9.17) is 5.73 Å². The number of nitrogens with two attached hydrogens (primary N) is 1. The Bertz CT molecular complexity index is 351. The molecule has 1 aromatic rings. The second-order valence-corrected chi connectivity index (χ2v) is 5.70. The molecular formula is C17H31N3. The van der Waals surface area contributed by atoms with E-state index in [1.54, 1.807) is 0 Å². The second kappa shape index (κ2) is 9.11. The molecule has 0 aliphatic rings.